The minimum atomic E-state index is -3.24. The predicted molar refractivity (Wildman–Crippen MR) is 107 cm³/mol. The molecule has 0 radical (unpaired) electrons. The minimum absolute atomic E-state index is 0.495. The Morgan fingerprint density at radius 2 is 1.48 bits per heavy atom. The smallest absolute Gasteiger partial charge is 0.387 e. The highest BCUT2D eigenvalue weighted by Gasteiger charge is 2.30. The van der Waals surface area contributed by atoms with E-state index in [9.17, 15) is 17.6 Å². The van der Waals surface area contributed by atoms with Crippen LogP contribution in [0.25, 0.3) is 0 Å². The number of halogens is 5. The summed E-state index contributed by atoms with van der Waals surface area (Å²) in [4.78, 5) is 0. The lowest BCUT2D eigenvalue weighted by Crippen LogP contribution is -2.25. The molecule has 0 heterocycles. The Labute approximate surface area is 175 Å². The summed E-state index contributed by atoms with van der Waals surface area (Å²) in [6, 6.07) is 2.22. The van der Waals surface area contributed by atoms with E-state index in [1.54, 1.807) is 5.54 Å². The van der Waals surface area contributed by atoms with Crippen LogP contribution >= 0.6 is 11.6 Å². The average Bonchev–Trinajstić information content (AvgIpc) is 2.70. The van der Waals surface area contributed by atoms with Gasteiger partial charge in [0.1, 0.15) is 0 Å². The molecule has 2 aliphatic rings. The lowest BCUT2D eigenvalue weighted by atomic mass is 9.68. The molecule has 162 valence electrons. The third-order valence-electron chi connectivity index (χ3n) is 6.83. The van der Waals surface area contributed by atoms with Gasteiger partial charge in [-0.1, -0.05) is 30.5 Å². The van der Waals surface area contributed by atoms with Gasteiger partial charge in [-0.25, -0.2) is 8.78 Å². The molecule has 0 saturated heterocycles. The summed E-state index contributed by atoms with van der Waals surface area (Å²) in [7, 11) is 0. The van der Waals surface area contributed by atoms with E-state index in [4.69, 9.17) is 11.6 Å². The van der Waals surface area contributed by atoms with Crippen molar-refractivity contribution in [3.63, 3.8) is 0 Å². The Hall–Kier alpha value is -1.23. The maximum absolute atomic E-state index is 13.9. The number of alkyl halides is 2. The number of aryl methyl sites for hydroxylation is 1. The van der Waals surface area contributed by atoms with E-state index in [1.165, 1.54) is 38.5 Å². The normalized spacial score (nSPS) is 28.2. The highest BCUT2D eigenvalue weighted by atomic mass is 35.5. The number of benzene rings is 1. The van der Waals surface area contributed by atoms with E-state index in [0.29, 0.717) is 23.8 Å². The Morgan fingerprint density at radius 1 is 0.931 bits per heavy atom. The van der Waals surface area contributed by atoms with Crippen LogP contribution in [0.15, 0.2) is 23.7 Å². The molecule has 3 rings (SSSR count). The zero-order chi connectivity index (χ0) is 20.8. The van der Waals surface area contributed by atoms with Crippen molar-refractivity contribution in [1.82, 2.24) is 0 Å². The first-order chi connectivity index (χ1) is 14.0. The highest BCUT2D eigenvalue weighted by Crippen LogP contribution is 2.42. The summed E-state index contributed by atoms with van der Waals surface area (Å²) in [5.41, 5.74) is 2.14. The van der Waals surface area contributed by atoms with Gasteiger partial charge >= 0.3 is 6.61 Å². The standard InChI is InChI=1S/C23H29ClF4O/c24-12-11-16-5-9-19(10-6-16)18-7-3-15(4-8-18)1-2-17-13-20(25)22(21(26)14-17)29-23(27)28/h11-16,18-19,23H,1-10H2. The molecule has 29 heavy (non-hydrogen) atoms. The molecule has 0 aliphatic heterocycles. The molecular weight excluding hydrogens is 404 g/mol. The molecule has 1 aromatic rings. The van der Waals surface area contributed by atoms with E-state index < -0.39 is 24.0 Å². The van der Waals surface area contributed by atoms with Gasteiger partial charge < -0.3 is 4.74 Å². The molecule has 0 atom stereocenters. The summed E-state index contributed by atoms with van der Waals surface area (Å²) in [5.74, 6) is -0.314. The SMILES string of the molecule is Fc1cc(CCC2CCC(C3CCC(C=CCl)CC3)CC2)cc(F)c1OC(F)F. The maximum atomic E-state index is 13.9. The molecule has 0 N–H and O–H groups in total. The zero-order valence-corrected chi connectivity index (χ0v) is 17.3. The van der Waals surface area contributed by atoms with Gasteiger partial charge in [0, 0.05) is 5.54 Å². The molecule has 2 fully saturated rings. The van der Waals surface area contributed by atoms with Gasteiger partial charge in [-0.2, -0.15) is 8.78 Å². The van der Waals surface area contributed by atoms with Crippen LogP contribution in [0.3, 0.4) is 0 Å². The molecular formula is C23H29ClF4O. The van der Waals surface area contributed by atoms with E-state index in [1.807, 2.05) is 0 Å². The molecule has 0 spiro atoms. The van der Waals surface area contributed by atoms with E-state index in [0.717, 1.165) is 43.2 Å². The second kappa shape index (κ2) is 10.7. The fourth-order valence-electron chi connectivity index (χ4n) is 5.19. The van der Waals surface area contributed by atoms with Gasteiger partial charge in [0.25, 0.3) is 0 Å². The van der Waals surface area contributed by atoms with Crippen LogP contribution < -0.4 is 4.74 Å². The monoisotopic (exact) mass is 432 g/mol. The second-order valence-corrected chi connectivity index (χ2v) is 8.83. The summed E-state index contributed by atoms with van der Waals surface area (Å²) in [6.45, 7) is -3.24. The lowest BCUT2D eigenvalue weighted by Gasteiger charge is -2.37. The topological polar surface area (TPSA) is 9.23 Å². The number of hydrogen-bond donors (Lipinski definition) is 0. The van der Waals surface area contributed by atoms with Crippen LogP contribution in [0.2, 0.25) is 0 Å². The van der Waals surface area contributed by atoms with Gasteiger partial charge in [0.15, 0.2) is 17.4 Å². The molecule has 0 amide bonds. The Kier molecular flexibility index (Phi) is 8.28. The first-order valence-corrected chi connectivity index (χ1v) is 11.1. The first kappa shape index (κ1) is 22.5. The summed E-state index contributed by atoms with van der Waals surface area (Å²) in [6.07, 6.45) is 13.3. The van der Waals surface area contributed by atoms with Crippen LogP contribution in [0.4, 0.5) is 17.6 Å². The van der Waals surface area contributed by atoms with Crippen molar-refractivity contribution in [3.8, 4) is 5.75 Å². The number of rotatable bonds is 7. The quantitative estimate of drug-likeness (QED) is 0.398. The van der Waals surface area contributed by atoms with Crippen LogP contribution in [-0.2, 0) is 6.42 Å². The van der Waals surface area contributed by atoms with Crippen molar-refractivity contribution < 1.29 is 22.3 Å². The van der Waals surface area contributed by atoms with Crippen molar-refractivity contribution in [2.45, 2.75) is 70.8 Å². The number of ether oxygens (including phenoxy) is 1. The lowest BCUT2D eigenvalue weighted by molar-refractivity contribution is -0.0546. The zero-order valence-electron chi connectivity index (χ0n) is 16.6. The second-order valence-electron chi connectivity index (χ2n) is 8.58. The van der Waals surface area contributed by atoms with Crippen molar-refractivity contribution in [1.29, 1.82) is 0 Å². The van der Waals surface area contributed by atoms with E-state index in [-0.39, 0.29) is 0 Å². The van der Waals surface area contributed by atoms with Crippen LogP contribution in [0.5, 0.6) is 5.75 Å². The van der Waals surface area contributed by atoms with E-state index in [2.05, 4.69) is 10.8 Å². The highest BCUT2D eigenvalue weighted by molar-refractivity contribution is 6.25. The fourth-order valence-corrected chi connectivity index (χ4v) is 5.39. The van der Waals surface area contributed by atoms with Gasteiger partial charge in [0.2, 0.25) is 0 Å². The molecule has 0 bridgehead atoms. The van der Waals surface area contributed by atoms with Gasteiger partial charge in [-0.15, -0.1) is 0 Å². The van der Waals surface area contributed by atoms with Crippen molar-refractivity contribution in [2.75, 3.05) is 0 Å². The van der Waals surface area contributed by atoms with Crippen LogP contribution in [-0.4, -0.2) is 6.61 Å². The molecule has 2 saturated carbocycles. The third-order valence-corrected chi connectivity index (χ3v) is 6.97. The van der Waals surface area contributed by atoms with E-state index >= 15 is 0 Å². The summed E-state index contributed by atoms with van der Waals surface area (Å²) < 4.78 is 56.1. The molecule has 2 aliphatic carbocycles. The van der Waals surface area contributed by atoms with Gasteiger partial charge in [-0.3, -0.25) is 0 Å². The van der Waals surface area contributed by atoms with Crippen molar-refractivity contribution in [2.24, 2.45) is 23.7 Å². The minimum Gasteiger partial charge on any atom is -0.429 e. The predicted octanol–water partition coefficient (Wildman–Crippen LogP) is 7.86. The Bertz CT molecular complexity index is 654. The molecule has 1 aromatic carbocycles. The number of allylic oxidation sites excluding steroid dienone is 1. The third kappa shape index (κ3) is 6.37. The average molecular weight is 433 g/mol. The largest absolute Gasteiger partial charge is 0.429 e. The molecule has 0 unspecified atom stereocenters. The number of hydrogen-bond acceptors (Lipinski definition) is 1. The molecule has 0 aromatic heterocycles. The molecule has 1 nitrogen and oxygen atoms in total. The Morgan fingerprint density at radius 3 is 2.00 bits per heavy atom. The van der Waals surface area contributed by atoms with Crippen LogP contribution in [0.1, 0.15) is 63.4 Å². The fraction of sp³-hybridized carbons (Fsp3) is 0.652. The Balaban J connectivity index is 1.43. The summed E-state index contributed by atoms with van der Waals surface area (Å²) >= 11 is 5.70. The van der Waals surface area contributed by atoms with Crippen molar-refractivity contribution in [3.05, 3.63) is 40.9 Å². The van der Waals surface area contributed by atoms with Gasteiger partial charge in [0.05, 0.1) is 0 Å². The molecule has 6 heteroatoms. The van der Waals surface area contributed by atoms with Gasteiger partial charge in [-0.05, 0) is 92.7 Å². The maximum Gasteiger partial charge on any atom is 0.387 e. The summed E-state index contributed by atoms with van der Waals surface area (Å²) in [5, 5.41) is 0. The first-order valence-electron chi connectivity index (χ1n) is 10.7. The van der Waals surface area contributed by atoms with Crippen LogP contribution in [0, 0.1) is 35.3 Å². The van der Waals surface area contributed by atoms with Crippen molar-refractivity contribution >= 4 is 11.6 Å².